The first-order valence-corrected chi connectivity index (χ1v) is 8.52. The lowest BCUT2D eigenvalue weighted by atomic mass is 9.78. The number of hydrogen-bond donors (Lipinski definition) is 0. The van der Waals surface area contributed by atoms with E-state index in [0.717, 1.165) is 57.9 Å². The van der Waals surface area contributed by atoms with Crippen LogP contribution in [0.5, 0.6) is 0 Å². The van der Waals surface area contributed by atoms with Crippen LogP contribution in [0.25, 0.3) is 0 Å². The van der Waals surface area contributed by atoms with Gasteiger partial charge in [-0.15, -0.1) is 0 Å². The molecule has 1 aliphatic carbocycles. The van der Waals surface area contributed by atoms with Crippen LogP contribution in [0, 0.1) is 11.8 Å². The minimum Gasteiger partial charge on any atom is -0.339 e. The molecule has 0 bridgehead atoms. The van der Waals surface area contributed by atoms with Gasteiger partial charge in [-0.1, -0.05) is 20.3 Å². The minimum atomic E-state index is 0.127. The summed E-state index contributed by atoms with van der Waals surface area (Å²) < 4.78 is 0. The molecule has 0 N–H and O–H groups in total. The Kier molecular flexibility index (Phi) is 5.62. The van der Waals surface area contributed by atoms with Crippen LogP contribution in [0.3, 0.4) is 0 Å². The zero-order chi connectivity index (χ0) is 14.5. The van der Waals surface area contributed by atoms with E-state index in [1.807, 2.05) is 0 Å². The molecule has 0 radical (unpaired) electrons. The van der Waals surface area contributed by atoms with Crippen molar-refractivity contribution in [3.63, 3.8) is 0 Å². The molecular formula is C17H29NO2. The SMILES string of the molecule is CCC(CC)C(=O)N1CCCCC1C1CCCCC1=O. The van der Waals surface area contributed by atoms with Gasteiger partial charge in [0.05, 0.1) is 0 Å². The van der Waals surface area contributed by atoms with Gasteiger partial charge in [-0.25, -0.2) is 0 Å². The lowest BCUT2D eigenvalue weighted by Gasteiger charge is -2.42. The summed E-state index contributed by atoms with van der Waals surface area (Å²) >= 11 is 0. The summed E-state index contributed by atoms with van der Waals surface area (Å²) in [6.45, 7) is 5.05. The van der Waals surface area contributed by atoms with Gasteiger partial charge in [0.25, 0.3) is 0 Å². The third kappa shape index (κ3) is 3.24. The molecule has 2 unspecified atom stereocenters. The van der Waals surface area contributed by atoms with Crippen molar-refractivity contribution in [1.82, 2.24) is 4.90 Å². The second-order valence-electron chi connectivity index (χ2n) is 6.43. The van der Waals surface area contributed by atoms with E-state index in [4.69, 9.17) is 0 Å². The Morgan fingerprint density at radius 1 is 1.15 bits per heavy atom. The number of Topliss-reactive ketones (excluding diaryl/α,β-unsaturated/α-hetero) is 1. The quantitative estimate of drug-likeness (QED) is 0.789. The predicted molar refractivity (Wildman–Crippen MR) is 80.4 cm³/mol. The first-order chi connectivity index (χ1) is 9.69. The molecule has 1 saturated carbocycles. The molecule has 0 spiro atoms. The van der Waals surface area contributed by atoms with Crippen molar-refractivity contribution in [2.24, 2.45) is 11.8 Å². The molecule has 1 amide bonds. The highest BCUT2D eigenvalue weighted by atomic mass is 16.2. The standard InChI is InChI=1S/C17H29NO2/c1-3-13(4-2)17(20)18-12-8-7-10-15(18)14-9-5-6-11-16(14)19/h13-15H,3-12H2,1-2H3. The summed E-state index contributed by atoms with van der Waals surface area (Å²) in [5.74, 6) is 0.986. The van der Waals surface area contributed by atoms with Crippen molar-refractivity contribution in [2.75, 3.05) is 6.54 Å². The molecule has 3 heteroatoms. The number of rotatable bonds is 4. The van der Waals surface area contributed by atoms with Gasteiger partial charge in [0.2, 0.25) is 5.91 Å². The predicted octanol–water partition coefficient (Wildman–Crippen LogP) is 3.56. The maximum absolute atomic E-state index is 12.7. The summed E-state index contributed by atoms with van der Waals surface area (Å²) in [7, 11) is 0. The van der Waals surface area contributed by atoms with E-state index in [2.05, 4.69) is 18.7 Å². The van der Waals surface area contributed by atoms with Crippen LogP contribution in [0.2, 0.25) is 0 Å². The maximum Gasteiger partial charge on any atom is 0.225 e. The average Bonchev–Trinajstić information content (AvgIpc) is 2.49. The summed E-state index contributed by atoms with van der Waals surface area (Å²) in [6, 6.07) is 0.199. The molecule has 1 heterocycles. The Labute approximate surface area is 123 Å². The number of piperidine rings is 1. The Hall–Kier alpha value is -0.860. The number of amides is 1. The molecule has 2 fully saturated rings. The monoisotopic (exact) mass is 279 g/mol. The van der Waals surface area contributed by atoms with Gasteiger partial charge in [-0.3, -0.25) is 9.59 Å². The van der Waals surface area contributed by atoms with Gasteiger partial charge < -0.3 is 4.90 Å². The topological polar surface area (TPSA) is 37.4 Å². The van der Waals surface area contributed by atoms with Crippen molar-refractivity contribution in [3.8, 4) is 0 Å². The number of ketones is 1. The second-order valence-corrected chi connectivity index (χ2v) is 6.43. The lowest BCUT2D eigenvalue weighted by Crippen LogP contribution is -2.51. The number of likely N-dealkylation sites (tertiary alicyclic amines) is 1. The molecule has 1 saturated heterocycles. The average molecular weight is 279 g/mol. The van der Waals surface area contributed by atoms with Crippen LogP contribution in [-0.2, 0) is 9.59 Å². The lowest BCUT2D eigenvalue weighted by molar-refractivity contribution is -0.143. The van der Waals surface area contributed by atoms with Crippen LogP contribution in [0.4, 0.5) is 0 Å². The molecule has 0 aromatic heterocycles. The highest BCUT2D eigenvalue weighted by molar-refractivity contribution is 5.84. The maximum atomic E-state index is 12.7. The smallest absolute Gasteiger partial charge is 0.225 e. The first kappa shape index (κ1) is 15.5. The molecule has 0 aromatic rings. The van der Waals surface area contributed by atoms with E-state index in [0.29, 0.717) is 11.7 Å². The Balaban J connectivity index is 2.11. The van der Waals surface area contributed by atoms with Crippen molar-refractivity contribution in [1.29, 1.82) is 0 Å². The Bertz CT molecular complexity index is 349. The van der Waals surface area contributed by atoms with Crippen LogP contribution in [-0.4, -0.2) is 29.2 Å². The summed E-state index contributed by atoms with van der Waals surface area (Å²) in [5, 5.41) is 0. The van der Waals surface area contributed by atoms with Crippen LogP contribution in [0.15, 0.2) is 0 Å². The molecule has 3 nitrogen and oxygen atoms in total. The van der Waals surface area contributed by atoms with Gasteiger partial charge in [-0.05, 0) is 44.9 Å². The normalized spacial score (nSPS) is 27.9. The van der Waals surface area contributed by atoms with Crippen LogP contribution in [0.1, 0.15) is 71.6 Å². The first-order valence-electron chi connectivity index (χ1n) is 8.52. The fraction of sp³-hybridized carbons (Fsp3) is 0.882. The van der Waals surface area contributed by atoms with Crippen molar-refractivity contribution >= 4 is 11.7 Å². The van der Waals surface area contributed by atoms with Crippen molar-refractivity contribution in [3.05, 3.63) is 0 Å². The van der Waals surface area contributed by atoms with E-state index in [-0.39, 0.29) is 17.9 Å². The summed E-state index contributed by atoms with van der Waals surface area (Å²) in [4.78, 5) is 27.0. The molecule has 2 atom stereocenters. The highest BCUT2D eigenvalue weighted by Gasteiger charge is 2.38. The fourth-order valence-corrected chi connectivity index (χ4v) is 3.94. The van der Waals surface area contributed by atoms with E-state index in [9.17, 15) is 9.59 Å². The van der Waals surface area contributed by atoms with E-state index in [1.54, 1.807) is 0 Å². The molecule has 2 rings (SSSR count). The van der Waals surface area contributed by atoms with E-state index in [1.165, 1.54) is 6.42 Å². The molecule has 1 aliphatic heterocycles. The van der Waals surface area contributed by atoms with Crippen LogP contribution < -0.4 is 0 Å². The molecule has 0 aromatic carbocycles. The third-order valence-electron chi connectivity index (χ3n) is 5.23. The van der Waals surface area contributed by atoms with Gasteiger partial charge in [0.1, 0.15) is 5.78 Å². The number of nitrogens with zero attached hydrogens (tertiary/aromatic N) is 1. The Morgan fingerprint density at radius 2 is 1.85 bits per heavy atom. The number of carbonyl (C=O) groups is 2. The molecule has 20 heavy (non-hydrogen) atoms. The molecular weight excluding hydrogens is 250 g/mol. The van der Waals surface area contributed by atoms with E-state index >= 15 is 0 Å². The van der Waals surface area contributed by atoms with Gasteiger partial charge in [0.15, 0.2) is 0 Å². The Morgan fingerprint density at radius 3 is 2.50 bits per heavy atom. The minimum absolute atomic E-state index is 0.127. The van der Waals surface area contributed by atoms with Crippen molar-refractivity contribution < 1.29 is 9.59 Å². The zero-order valence-electron chi connectivity index (χ0n) is 13.1. The van der Waals surface area contributed by atoms with Gasteiger partial charge in [-0.2, -0.15) is 0 Å². The molecule has 2 aliphatic rings. The van der Waals surface area contributed by atoms with Gasteiger partial charge in [0, 0.05) is 30.8 Å². The van der Waals surface area contributed by atoms with Crippen LogP contribution >= 0.6 is 0 Å². The summed E-state index contributed by atoms with van der Waals surface area (Å²) in [5.41, 5.74) is 0. The van der Waals surface area contributed by atoms with Gasteiger partial charge >= 0.3 is 0 Å². The number of hydrogen-bond acceptors (Lipinski definition) is 2. The third-order valence-corrected chi connectivity index (χ3v) is 5.23. The highest BCUT2D eigenvalue weighted by Crippen LogP contribution is 2.33. The largest absolute Gasteiger partial charge is 0.339 e. The summed E-state index contributed by atoms with van der Waals surface area (Å²) in [6.07, 6.45) is 9.05. The molecule has 114 valence electrons. The van der Waals surface area contributed by atoms with E-state index < -0.39 is 0 Å². The second kappa shape index (κ2) is 7.24. The number of carbonyl (C=O) groups excluding carboxylic acids is 2. The zero-order valence-corrected chi connectivity index (χ0v) is 13.1. The van der Waals surface area contributed by atoms with Crippen molar-refractivity contribution in [2.45, 2.75) is 77.7 Å². The fourth-order valence-electron chi connectivity index (χ4n) is 3.94.